The number of aliphatic hydroxyl groups is 1. The molecule has 0 unspecified atom stereocenters. The molecule has 0 saturated heterocycles. The van der Waals surface area contributed by atoms with Crippen LogP contribution in [0.15, 0.2) is 17.0 Å². The normalized spacial score (nSPS) is 12.1. The highest BCUT2D eigenvalue weighted by Gasteiger charge is 2.28. The molecule has 19 heavy (non-hydrogen) atoms. The van der Waals surface area contributed by atoms with E-state index >= 15 is 0 Å². The van der Waals surface area contributed by atoms with Gasteiger partial charge in [0.05, 0.1) is 0 Å². The third kappa shape index (κ3) is 3.40. The van der Waals surface area contributed by atoms with Crippen LogP contribution in [0.3, 0.4) is 0 Å². The Kier molecular flexibility index (Phi) is 5.21. The number of hydrogen-bond acceptors (Lipinski definition) is 4. The second kappa shape index (κ2) is 6.27. The van der Waals surface area contributed by atoms with Crippen molar-refractivity contribution in [3.63, 3.8) is 0 Å². The zero-order valence-corrected chi connectivity index (χ0v) is 11.3. The fourth-order valence-electron chi connectivity index (χ4n) is 1.61. The highest BCUT2D eigenvalue weighted by atomic mass is 32.2. The first-order chi connectivity index (χ1) is 8.84. The standard InChI is InChI=1S/C11H16F2N2O3S/c1-2-15(4-3-5-16)19(17,18)10-7-8(14)6-9(12)11(10)13/h6-7,16H,2-5,14H2,1H3. The van der Waals surface area contributed by atoms with E-state index in [1.54, 1.807) is 6.92 Å². The molecule has 0 radical (unpaired) electrons. The van der Waals surface area contributed by atoms with Gasteiger partial charge in [-0.3, -0.25) is 0 Å². The lowest BCUT2D eigenvalue weighted by Gasteiger charge is -2.20. The highest BCUT2D eigenvalue weighted by molar-refractivity contribution is 7.89. The Hall–Kier alpha value is -1.25. The largest absolute Gasteiger partial charge is 0.399 e. The van der Waals surface area contributed by atoms with Crippen molar-refractivity contribution >= 4 is 15.7 Å². The molecule has 108 valence electrons. The summed E-state index contributed by atoms with van der Waals surface area (Å²) in [6.07, 6.45) is 0.208. The van der Waals surface area contributed by atoms with Crippen molar-refractivity contribution in [3.05, 3.63) is 23.8 Å². The molecule has 0 bridgehead atoms. The smallest absolute Gasteiger partial charge is 0.246 e. The van der Waals surface area contributed by atoms with E-state index in [0.29, 0.717) is 0 Å². The Morgan fingerprint density at radius 3 is 2.53 bits per heavy atom. The van der Waals surface area contributed by atoms with Crippen molar-refractivity contribution in [1.29, 1.82) is 0 Å². The molecule has 0 heterocycles. The van der Waals surface area contributed by atoms with E-state index in [1.807, 2.05) is 0 Å². The number of halogens is 2. The maximum absolute atomic E-state index is 13.6. The first-order valence-electron chi connectivity index (χ1n) is 5.70. The summed E-state index contributed by atoms with van der Waals surface area (Å²) in [4.78, 5) is -0.787. The number of hydrogen-bond donors (Lipinski definition) is 2. The van der Waals surface area contributed by atoms with Crippen molar-refractivity contribution in [3.8, 4) is 0 Å². The van der Waals surface area contributed by atoms with Crippen LogP contribution in [0, 0.1) is 11.6 Å². The molecule has 0 fully saturated rings. The molecule has 1 aromatic rings. The SMILES string of the molecule is CCN(CCCO)S(=O)(=O)c1cc(N)cc(F)c1F. The van der Waals surface area contributed by atoms with Crippen molar-refractivity contribution in [2.75, 3.05) is 25.4 Å². The van der Waals surface area contributed by atoms with E-state index in [2.05, 4.69) is 0 Å². The molecule has 1 aromatic carbocycles. The summed E-state index contributed by atoms with van der Waals surface area (Å²) in [7, 11) is -4.17. The molecule has 1 rings (SSSR count). The van der Waals surface area contributed by atoms with Crippen LogP contribution in [0.4, 0.5) is 14.5 Å². The Labute approximate surface area is 110 Å². The number of nitrogens with two attached hydrogens (primary N) is 1. The van der Waals surface area contributed by atoms with Gasteiger partial charge in [0, 0.05) is 25.4 Å². The van der Waals surface area contributed by atoms with Gasteiger partial charge in [0.1, 0.15) is 4.90 Å². The highest BCUT2D eigenvalue weighted by Crippen LogP contribution is 2.24. The summed E-state index contributed by atoms with van der Waals surface area (Å²) in [5.74, 6) is -2.76. The minimum Gasteiger partial charge on any atom is -0.399 e. The van der Waals surface area contributed by atoms with Crippen LogP contribution in [-0.2, 0) is 10.0 Å². The van der Waals surface area contributed by atoms with Crippen molar-refractivity contribution in [2.24, 2.45) is 0 Å². The molecule has 0 spiro atoms. The number of anilines is 1. The van der Waals surface area contributed by atoms with Gasteiger partial charge < -0.3 is 10.8 Å². The Morgan fingerprint density at radius 1 is 1.37 bits per heavy atom. The number of benzene rings is 1. The molecule has 0 aliphatic heterocycles. The Morgan fingerprint density at radius 2 is 2.00 bits per heavy atom. The molecule has 0 aliphatic carbocycles. The van der Waals surface area contributed by atoms with Gasteiger partial charge >= 0.3 is 0 Å². The predicted molar refractivity (Wildman–Crippen MR) is 66.9 cm³/mol. The summed E-state index contributed by atoms with van der Waals surface area (Å²) in [6.45, 7) is 1.47. The molecule has 0 aliphatic rings. The third-order valence-corrected chi connectivity index (χ3v) is 4.53. The van der Waals surface area contributed by atoms with Crippen molar-refractivity contribution in [2.45, 2.75) is 18.2 Å². The van der Waals surface area contributed by atoms with Crippen LogP contribution in [-0.4, -0.2) is 37.5 Å². The monoisotopic (exact) mass is 294 g/mol. The molecule has 0 aromatic heterocycles. The zero-order chi connectivity index (χ0) is 14.6. The van der Waals surface area contributed by atoms with Gasteiger partial charge in [0.25, 0.3) is 0 Å². The second-order valence-electron chi connectivity index (χ2n) is 3.89. The van der Waals surface area contributed by atoms with Gasteiger partial charge in [-0.2, -0.15) is 4.31 Å². The lowest BCUT2D eigenvalue weighted by molar-refractivity contribution is 0.270. The van der Waals surface area contributed by atoms with Gasteiger partial charge in [-0.1, -0.05) is 6.92 Å². The van der Waals surface area contributed by atoms with Gasteiger partial charge in [-0.25, -0.2) is 17.2 Å². The summed E-state index contributed by atoms with van der Waals surface area (Å²) in [5, 5.41) is 8.71. The average Bonchev–Trinajstić information content (AvgIpc) is 2.34. The molecule has 0 amide bonds. The van der Waals surface area contributed by atoms with Crippen LogP contribution in [0.25, 0.3) is 0 Å². The number of sulfonamides is 1. The van der Waals surface area contributed by atoms with Crippen molar-refractivity contribution < 1.29 is 22.3 Å². The molecular formula is C11H16F2N2O3S. The fraction of sp³-hybridized carbons (Fsp3) is 0.455. The van der Waals surface area contributed by atoms with Gasteiger partial charge in [-0.15, -0.1) is 0 Å². The van der Waals surface area contributed by atoms with Crippen LogP contribution < -0.4 is 5.73 Å². The zero-order valence-electron chi connectivity index (χ0n) is 10.4. The van der Waals surface area contributed by atoms with Crippen molar-refractivity contribution in [1.82, 2.24) is 4.31 Å². The Bertz CT molecular complexity index is 549. The van der Waals surface area contributed by atoms with E-state index in [-0.39, 0.29) is 31.8 Å². The first-order valence-corrected chi connectivity index (χ1v) is 7.14. The topological polar surface area (TPSA) is 83.6 Å². The van der Waals surface area contributed by atoms with E-state index in [9.17, 15) is 17.2 Å². The van der Waals surface area contributed by atoms with Crippen LogP contribution in [0.2, 0.25) is 0 Å². The van der Waals surface area contributed by atoms with E-state index in [0.717, 1.165) is 16.4 Å². The number of nitrogens with zero attached hydrogens (tertiary/aromatic N) is 1. The average molecular weight is 294 g/mol. The number of rotatable bonds is 6. The van der Waals surface area contributed by atoms with Crippen LogP contribution >= 0.6 is 0 Å². The lowest BCUT2D eigenvalue weighted by Crippen LogP contribution is -2.33. The summed E-state index contributed by atoms with van der Waals surface area (Å²) >= 11 is 0. The van der Waals surface area contributed by atoms with Crippen LogP contribution in [0.5, 0.6) is 0 Å². The summed E-state index contributed by atoms with van der Waals surface area (Å²) < 4.78 is 52.1. The number of aliphatic hydroxyl groups excluding tert-OH is 1. The lowest BCUT2D eigenvalue weighted by atomic mass is 10.3. The number of nitrogen functional groups attached to an aromatic ring is 1. The fourth-order valence-corrected chi connectivity index (χ4v) is 3.20. The second-order valence-corrected chi connectivity index (χ2v) is 5.80. The quantitative estimate of drug-likeness (QED) is 0.765. The summed E-state index contributed by atoms with van der Waals surface area (Å²) in [6, 6.07) is 1.60. The third-order valence-electron chi connectivity index (χ3n) is 2.55. The molecular weight excluding hydrogens is 278 g/mol. The molecule has 5 nitrogen and oxygen atoms in total. The minimum atomic E-state index is -4.17. The van der Waals surface area contributed by atoms with E-state index in [1.165, 1.54) is 0 Å². The molecule has 0 saturated carbocycles. The molecule has 8 heteroatoms. The molecule has 3 N–H and O–H groups in total. The Balaban J connectivity index is 3.25. The first kappa shape index (κ1) is 15.8. The summed E-state index contributed by atoms with van der Waals surface area (Å²) in [5.41, 5.74) is 5.17. The minimum absolute atomic E-state index is 0.0190. The molecule has 0 atom stereocenters. The van der Waals surface area contributed by atoms with Crippen LogP contribution in [0.1, 0.15) is 13.3 Å². The van der Waals surface area contributed by atoms with E-state index in [4.69, 9.17) is 10.8 Å². The maximum atomic E-state index is 13.6. The van der Waals surface area contributed by atoms with E-state index < -0.39 is 26.6 Å². The van der Waals surface area contributed by atoms with Gasteiger partial charge in [0.2, 0.25) is 10.0 Å². The maximum Gasteiger partial charge on any atom is 0.246 e. The van der Waals surface area contributed by atoms with Gasteiger partial charge in [-0.05, 0) is 18.6 Å². The predicted octanol–water partition coefficient (Wildman–Crippen LogP) is 0.940. The van der Waals surface area contributed by atoms with Gasteiger partial charge in [0.15, 0.2) is 11.6 Å².